The van der Waals surface area contributed by atoms with E-state index in [1.165, 1.54) is 7.11 Å². The lowest BCUT2D eigenvalue weighted by Gasteiger charge is -2.25. The SMILES string of the molecule is [B]C1CC(OC)C(COP(=O)([O-])OCCOCCOCCOCCOCCOCCOP(=O)([O-])OCCOCCOCCOCCOCCOCCOP(=O)([O-])OCCCCC#C)O1. The first-order chi connectivity index (χ1) is 30.9. The van der Waals surface area contributed by atoms with E-state index in [9.17, 15) is 28.4 Å². The number of unbranched alkanes of at least 4 members (excludes halogenated alkanes) is 2. The van der Waals surface area contributed by atoms with Crippen LogP contribution in [0.25, 0.3) is 0 Å². The van der Waals surface area contributed by atoms with Crippen molar-refractivity contribution in [1.82, 2.24) is 0 Å². The highest BCUT2D eigenvalue weighted by atomic mass is 31.2. The molecular weight excluding hydrogens is 920 g/mol. The molecule has 0 spiro atoms. The van der Waals surface area contributed by atoms with Gasteiger partial charge in [0, 0.05) is 19.5 Å². The molecule has 1 heterocycles. The van der Waals surface area contributed by atoms with Gasteiger partial charge in [-0.3, -0.25) is 13.7 Å². The van der Waals surface area contributed by atoms with E-state index in [2.05, 4.69) is 5.92 Å². The molecule has 28 heteroatoms. The number of hydrogen-bond donors (Lipinski definition) is 0. The van der Waals surface area contributed by atoms with Crippen molar-refractivity contribution in [2.45, 2.75) is 43.9 Å². The number of methoxy groups -OCH3 is 1. The summed E-state index contributed by atoms with van der Waals surface area (Å²) < 4.78 is 128. The van der Waals surface area contributed by atoms with E-state index >= 15 is 0 Å². The van der Waals surface area contributed by atoms with Crippen LogP contribution >= 0.6 is 23.5 Å². The smallest absolute Gasteiger partial charge is 0.268 e. The number of ether oxygens (including phenoxy) is 12. The first-order valence-corrected chi connectivity index (χ1v) is 25.2. The Morgan fingerprint density at radius 2 is 0.766 bits per heavy atom. The maximum atomic E-state index is 11.9. The minimum Gasteiger partial charge on any atom is -0.756 e. The van der Waals surface area contributed by atoms with E-state index in [0.717, 1.165) is 0 Å². The van der Waals surface area contributed by atoms with Crippen molar-refractivity contribution >= 4 is 31.3 Å². The molecule has 24 nitrogen and oxygen atoms in total. The Bertz CT molecular complexity index is 1270. The van der Waals surface area contributed by atoms with Crippen molar-refractivity contribution in [3.8, 4) is 12.3 Å². The standard InChI is InChI=1S/C36H70BO24P3/c1-3-4-5-6-7-55-62(38,39)56-28-24-51-20-16-47-12-8-45-9-13-48-17-21-52-25-29-57-63(40,41)58-30-26-53-22-18-49-14-10-46-11-15-50-19-23-54-27-31-59-64(42,43)60-33-35-34(44-2)32-36(37)61-35/h1,34-36H,4-33H2,2H3,(H,38,39)(H,40,41)(H,42,43)/p-3. The summed E-state index contributed by atoms with van der Waals surface area (Å²) in [5, 5.41) is 0. The van der Waals surface area contributed by atoms with Crippen molar-refractivity contribution in [2.24, 2.45) is 0 Å². The molecule has 1 aliphatic heterocycles. The first-order valence-electron chi connectivity index (χ1n) is 20.8. The Hall–Kier alpha value is -0.525. The van der Waals surface area contributed by atoms with Crippen LogP contribution in [0.4, 0.5) is 0 Å². The third kappa shape index (κ3) is 39.5. The highest BCUT2D eigenvalue weighted by Crippen LogP contribution is 2.40. The van der Waals surface area contributed by atoms with Gasteiger partial charge in [-0.25, -0.2) is 0 Å². The summed E-state index contributed by atoms with van der Waals surface area (Å²) in [5.74, 6) is 2.47. The maximum absolute atomic E-state index is 11.9. The summed E-state index contributed by atoms with van der Waals surface area (Å²) in [4.78, 5) is 35.3. The molecule has 1 rings (SSSR count). The number of rotatable bonds is 49. The molecule has 0 N–H and O–H groups in total. The van der Waals surface area contributed by atoms with Gasteiger partial charge < -0.3 is 98.7 Å². The average molecular weight is 988 g/mol. The van der Waals surface area contributed by atoms with Gasteiger partial charge in [0.05, 0.1) is 178 Å². The van der Waals surface area contributed by atoms with Crippen LogP contribution in [0.5, 0.6) is 0 Å². The fourth-order valence-electron chi connectivity index (χ4n) is 4.72. The molecule has 0 aromatic carbocycles. The maximum Gasteiger partial charge on any atom is 0.268 e. The van der Waals surface area contributed by atoms with E-state index in [0.29, 0.717) is 85.1 Å². The van der Waals surface area contributed by atoms with Crippen LogP contribution in [0.3, 0.4) is 0 Å². The average Bonchev–Trinajstić information content (AvgIpc) is 3.63. The van der Waals surface area contributed by atoms with Gasteiger partial charge in [-0.2, -0.15) is 0 Å². The van der Waals surface area contributed by atoms with Gasteiger partial charge in [0.2, 0.25) is 0 Å². The molecule has 0 bridgehead atoms. The van der Waals surface area contributed by atoms with E-state index in [-0.39, 0.29) is 118 Å². The number of terminal acetylenes is 1. The van der Waals surface area contributed by atoms with Gasteiger partial charge in [0.25, 0.3) is 23.5 Å². The van der Waals surface area contributed by atoms with E-state index in [1.54, 1.807) is 0 Å². The summed E-state index contributed by atoms with van der Waals surface area (Å²) in [5.41, 5.74) is 0. The molecule has 1 aliphatic rings. The molecule has 1 saturated heterocycles. The summed E-state index contributed by atoms with van der Waals surface area (Å²) in [7, 11) is -6.24. The molecule has 0 saturated carbocycles. The lowest BCUT2D eigenvalue weighted by Crippen LogP contribution is -2.29. The molecule has 0 aliphatic carbocycles. The minimum absolute atomic E-state index is 0.0133. The normalized spacial score (nSPS) is 19.3. The zero-order valence-electron chi connectivity index (χ0n) is 36.7. The van der Waals surface area contributed by atoms with Gasteiger partial charge in [0.1, 0.15) is 14.0 Å². The van der Waals surface area contributed by atoms with Crippen molar-refractivity contribution < 1.29 is 112 Å². The molecule has 6 atom stereocenters. The molecule has 6 unspecified atom stereocenters. The lowest BCUT2D eigenvalue weighted by molar-refractivity contribution is -0.229. The predicted molar refractivity (Wildman–Crippen MR) is 219 cm³/mol. The second-order valence-corrected chi connectivity index (χ2v) is 17.0. The van der Waals surface area contributed by atoms with Crippen LogP contribution in [0.1, 0.15) is 25.7 Å². The summed E-state index contributed by atoms with van der Waals surface area (Å²) in [6.45, 7) is 3.72. The van der Waals surface area contributed by atoms with E-state index in [1.807, 2.05) is 0 Å². The number of hydrogen-bond acceptors (Lipinski definition) is 24. The third-order valence-corrected chi connectivity index (χ3v) is 10.7. The Balaban J connectivity index is 1.76. The molecule has 1 fully saturated rings. The van der Waals surface area contributed by atoms with Crippen LogP contribution < -0.4 is 14.7 Å². The topological polar surface area (TPSA) is 287 Å². The molecule has 2 radical (unpaired) electrons. The molecule has 0 aromatic heterocycles. The third-order valence-electron chi connectivity index (χ3n) is 7.78. The Kier molecular flexibility index (Phi) is 39.8. The zero-order valence-corrected chi connectivity index (χ0v) is 39.4. The quantitative estimate of drug-likeness (QED) is 0.0329. The molecule has 376 valence electrons. The molecule has 64 heavy (non-hydrogen) atoms. The zero-order chi connectivity index (χ0) is 46.9. The molecule has 0 aromatic rings. The van der Waals surface area contributed by atoms with Crippen LogP contribution in [0.15, 0.2) is 0 Å². The second kappa shape index (κ2) is 41.4. The van der Waals surface area contributed by atoms with Gasteiger partial charge >= 0.3 is 0 Å². The van der Waals surface area contributed by atoms with E-state index in [4.69, 9.17) is 98.3 Å². The van der Waals surface area contributed by atoms with Gasteiger partial charge in [-0.1, -0.05) is 0 Å². The van der Waals surface area contributed by atoms with Gasteiger partial charge in [0.15, 0.2) is 0 Å². The van der Waals surface area contributed by atoms with Crippen molar-refractivity contribution in [2.75, 3.05) is 179 Å². The van der Waals surface area contributed by atoms with Crippen LogP contribution in [-0.2, 0) is 97.7 Å². The highest BCUT2D eigenvalue weighted by Gasteiger charge is 2.33. The van der Waals surface area contributed by atoms with Crippen molar-refractivity contribution in [1.29, 1.82) is 0 Å². The summed E-state index contributed by atoms with van der Waals surface area (Å²) in [6.07, 6.45) is 6.37. The number of phosphoric ester groups is 3. The fourth-order valence-corrected chi connectivity index (χ4v) is 6.82. The predicted octanol–water partition coefficient (Wildman–Crippen LogP) is -0.241. The monoisotopic (exact) mass is 987 g/mol. The van der Waals surface area contributed by atoms with Gasteiger partial charge in [-0.15, -0.1) is 12.3 Å². The molecule has 0 amide bonds. The molecular formula is C36H67BO24P3-3. The highest BCUT2D eigenvalue weighted by molar-refractivity contribution is 7.46. The lowest BCUT2D eigenvalue weighted by atomic mass is 9.96. The minimum atomic E-state index is -4.54. The van der Waals surface area contributed by atoms with Gasteiger partial charge in [-0.05, 0) is 19.3 Å². The first kappa shape index (κ1) is 61.5. The summed E-state index contributed by atoms with van der Waals surface area (Å²) >= 11 is 0. The van der Waals surface area contributed by atoms with Crippen LogP contribution in [0, 0.1) is 12.3 Å². The van der Waals surface area contributed by atoms with Crippen LogP contribution in [-0.4, -0.2) is 205 Å². The summed E-state index contributed by atoms with van der Waals surface area (Å²) in [6, 6.07) is -0.542. The van der Waals surface area contributed by atoms with Crippen LogP contribution in [0.2, 0.25) is 0 Å². The Morgan fingerprint density at radius 3 is 1.06 bits per heavy atom. The van der Waals surface area contributed by atoms with Crippen molar-refractivity contribution in [3.63, 3.8) is 0 Å². The fraction of sp³-hybridized carbons (Fsp3) is 0.944. The largest absolute Gasteiger partial charge is 0.756 e. The number of phosphoric acid groups is 3. The second-order valence-electron chi connectivity index (χ2n) is 12.8. The Morgan fingerprint density at radius 1 is 0.484 bits per heavy atom. The van der Waals surface area contributed by atoms with E-state index < -0.39 is 35.6 Å². The van der Waals surface area contributed by atoms with Crippen molar-refractivity contribution in [3.05, 3.63) is 0 Å². The Labute approximate surface area is 378 Å².